The summed E-state index contributed by atoms with van der Waals surface area (Å²) < 4.78 is 31.0. The van der Waals surface area contributed by atoms with E-state index in [9.17, 15) is 8.42 Å². The molecule has 0 bridgehead atoms. The van der Waals surface area contributed by atoms with Crippen LogP contribution in [0.3, 0.4) is 0 Å². The SMILES string of the molecule is COCCS(=O)(=O)N(Cc1ccccc1N)C1CC1. The van der Waals surface area contributed by atoms with Crippen molar-refractivity contribution in [3.05, 3.63) is 29.8 Å². The van der Waals surface area contributed by atoms with Gasteiger partial charge in [-0.1, -0.05) is 18.2 Å². The van der Waals surface area contributed by atoms with Gasteiger partial charge >= 0.3 is 0 Å². The molecule has 0 amide bonds. The van der Waals surface area contributed by atoms with Gasteiger partial charge in [0.05, 0.1) is 12.4 Å². The minimum absolute atomic E-state index is 0.0206. The number of ether oxygens (including phenoxy) is 1. The summed E-state index contributed by atoms with van der Waals surface area (Å²) in [7, 11) is -1.78. The van der Waals surface area contributed by atoms with Crippen molar-refractivity contribution in [1.82, 2.24) is 4.31 Å². The van der Waals surface area contributed by atoms with E-state index in [0.717, 1.165) is 18.4 Å². The summed E-state index contributed by atoms with van der Waals surface area (Å²) in [6.07, 6.45) is 1.86. The smallest absolute Gasteiger partial charge is 0.216 e. The molecule has 1 aliphatic rings. The molecule has 0 aromatic heterocycles. The van der Waals surface area contributed by atoms with E-state index in [-0.39, 0.29) is 18.4 Å². The quantitative estimate of drug-likeness (QED) is 0.764. The van der Waals surface area contributed by atoms with Gasteiger partial charge in [0.15, 0.2) is 0 Å². The Morgan fingerprint density at radius 1 is 1.37 bits per heavy atom. The van der Waals surface area contributed by atoms with Gasteiger partial charge in [-0.25, -0.2) is 8.42 Å². The average Bonchev–Trinajstić information content (AvgIpc) is 3.19. The first-order valence-electron chi connectivity index (χ1n) is 6.36. The van der Waals surface area contributed by atoms with Crippen molar-refractivity contribution in [2.45, 2.75) is 25.4 Å². The number of nitrogens with zero attached hydrogens (tertiary/aromatic N) is 1. The van der Waals surface area contributed by atoms with Crippen LogP contribution in [0, 0.1) is 0 Å². The summed E-state index contributed by atoms with van der Waals surface area (Å²) in [6.45, 7) is 0.569. The third kappa shape index (κ3) is 3.68. The van der Waals surface area contributed by atoms with Crippen molar-refractivity contribution in [3.63, 3.8) is 0 Å². The number of hydrogen-bond donors (Lipinski definition) is 1. The van der Waals surface area contributed by atoms with Gasteiger partial charge in [0, 0.05) is 25.4 Å². The molecule has 1 fully saturated rings. The first-order valence-corrected chi connectivity index (χ1v) is 7.97. The molecule has 0 spiro atoms. The molecule has 19 heavy (non-hydrogen) atoms. The van der Waals surface area contributed by atoms with E-state index in [2.05, 4.69) is 0 Å². The standard InChI is InChI=1S/C13H20N2O3S/c1-18-8-9-19(16,17)15(12-6-7-12)10-11-4-2-3-5-13(11)14/h2-5,12H,6-10,14H2,1H3. The van der Waals surface area contributed by atoms with E-state index < -0.39 is 10.0 Å². The molecule has 0 aliphatic heterocycles. The molecular formula is C13H20N2O3S. The lowest BCUT2D eigenvalue weighted by atomic mass is 10.2. The summed E-state index contributed by atoms with van der Waals surface area (Å²) in [5.74, 6) is 0.0206. The Hall–Kier alpha value is -1.11. The Balaban J connectivity index is 2.15. The number of sulfonamides is 1. The van der Waals surface area contributed by atoms with Crippen LogP contribution in [-0.2, 0) is 21.3 Å². The second kappa shape index (κ2) is 5.90. The van der Waals surface area contributed by atoms with E-state index in [4.69, 9.17) is 10.5 Å². The molecule has 0 atom stereocenters. The molecule has 5 nitrogen and oxygen atoms in total. The van der Waals surface area contributed by atoms with Crippen molar-refractivity contribution < 1.29 is 13.2 Å². The largest absolute Gasteiger partial charge is 0.398 e. The van der Waals surface area contributed by atoms with Gasteiger partial charge in [0.25, 0.3) is 0 Å². The summed E-state index contributed by atoms with van der Waals surface area (Å²) in [6, 6.07) is 7.51. The topological polar surface area (TPSA) is 72.6 Å². The van der Waals surface area contributed by atoms with Crippen molar-refractivity contribution in [2.75, 3.05) is 25.2 Å². The highest BCUT2D eigenvalue weighted by molar-refractivity contribution is 7.89. The fourth-order valence-corrected chi connectivity index (χ4v) is 3.58. The molecule has 2 rings (SSSR count). The normalized spacial score (nSPS) is 15.9. The number of rotatable bonds is 7. The minimum Gasteiger partial charge on any atom is -0.398 e. The molecule has 6 heteroatoms. The highest BCUT2D eigenvalue weighted by Crippen LogP contribution is 2.31. The van der Waals surface area contributed by atoms with Crippen molar-refractivity contribution in [2.24, 2.45) is 0 Å². The summed E-state index contributed by atoms with van der Waals surface area (Å²) >= 11 is 0. The fraction of sp³-hybridized carbons (Fsp3) is 0.538. The maximum Gasteiger partial charge on any atom is 0.216 e. The Morgan fingerprint density at radius 3 is 2.63 bits per heavy atom. The van der Waals surface area contributed by atoms with E-state index in [1.165, 1.54) is 7.11 Å². The Kier molecular flexibility index (Phi) is 4.44. The molecule has 0 unspecified atom stereocenters. The van der Waals surface area contributed by atoms with Crippen LogP contribution in [0.1, 0.15) is 18.4 Å². The van der Waals surface area contributed by atoms with Gasteiger partial charge in [-0.15, -0.1) is 0 Å². The Labute approximate surface area is 114 Å². The number of anilines is 1. The van der Waals surface area contributed by atoms with E-state index >= 15 is 0 Å². The predicted molar refractivity (Wildman–Crippen MR) is 75.1 cm³/mol. The lowest BCUT2D eigenvalue weighted by molar-refractivity contribution is 0.215. The Bertz CT molecular complexity index is 526. The van der Waals surface area contributed by atoms with Gasteiger partial charge in [0.1, 0.15) is 0 Å². The first kappa shape index (κ1) is 14.3. The second-order valence-electron chi connectivity index (χ2n) is 4.78. The van der Waals surface area contributed by atoms with Crippen molar-refractivity contribution >= 4 is 15.7 Å². The van der Waals surface area contributed by atoms with Gasteiger partial charge < -0.3 is 10.5 Å². The minimum atomic E-state index is -3.28. The van der Waals surface area contributed by atoms with Crippen molar-refractivity contribution in [3.8, 4) is 0 Å². The van der Waals surface area contributed by atoms with Crippen LogP contribution < -0.4 is 5.73 Å². The third-order valence-corrected chi connectivity index (χ3v) is 5.06. The molecule has 106 valence electrons. The van der Waals surface area contributed by atoms with Crippen LogP contribution in [0.5, 0.6) is 0 Å². The van der Waals surface area contributed by atoms with Crippen LogP contribution in [-0.4, -0.2) is 38.2 Å². The lowest BCUT2D eigenvalue weighted by Crippen LogP contribution is -2.35. The number of methoxy groups -OCH3 is 1. The van der Waals surface area contributed by atoms with Crippen molar-refractivity contribution in [1.29, 1.82) is 0 Å². The molecule has 1 aliphatic carbocycles. The zero-order valence-electron chi connectivity index (χ0n) is 11.1. The number of nitrogen functional groups attached to an aromatic ring is 1. The average molecular weight is 284 g/mol. The lowest BCUT2D eigenvalue weighted by Gasteiger charge is -2.22. The van der Waals surface area contributed by atoms with Gasteiger partial charge in [0.2, 0.25) is 10.0 Å². The molecular weight excluding hydrogens is 264 g/mol. The molecule has 0 radical (unpaired) electrons. The summed E-state index contributed by atoms with van der Waals surface area (Å²) in [5, 5.41) is 0. The van der Waals surface area contributed by atoms with Gasteiger partial charge in [-0.2, -0.15) is 4.31 Å². The third-order valence-electron chi connectivity index (χ3n) is 3.24. The van der Waals surface area contributed by atoms with Crippen LogP contribution in [0.4, 0.5) is 5.69 Å². The van der Waals surface area contributed by atoms with E-state index in [0.29, 0.717) is 12.2 Å². The maximum atomic E-state index is 12.3. The molecule has 1 saturated carbocycles. The first-order chi connectivity index (χ1) is 9.04. The predicted octanol–water partition coefficient (Wildman–Crippen LogP) is 1.21. The zero-order valence-corrected chi connectivity index (χ0v) is 11.9. The van der Waals surface area contributed by atoms with Crippen LogP contribution in [0.25, 0.3) is 0 Å². The molecule has 2 N–H and O–H groups in total. The summed E-state index contributed by atoms with van der Waals surface area (Å²) in [5.41, 5.74) is 7.38. The molecule has 1 aromatic rings. The van der Waals surface area contributed by atoms with Crippen LogP contribution >= 0.6 is 0 Å². The van der Waals surface area contributed by atoms with Gasteiger partial charge in [-0.05, 0) is 24.5 Å². The monoisotopic (exact) mass is 284 g/mol. The van der Waals surface area contributed by atoms with E-state index in [1.807, 2.05) is 18.2 Å². The van der Waals surface area contributed by atoms with Crippen LogP contribution in [0.2, 0.25) is 0 Å². The highest BCUT2D eigenvalue weighted by atomic mass is 32.2. The maximum absolute atomic E-state index is 12.3. The number of nitrogens with two attached hydrogens (primary N) is 1. The molecule has 0 saturated heterocycles. The number of benzene rings is 1. The Morgan fingerprint density at radius 2 is 2.05 bits per heavy atom. The van der Waals surface area contributed by atoms with Crippen LogP contribution in [0.15, 0.2) is 24.3 Å². The zero-order chi connectivity index (χ0) is 13.9. The summed E-state index contributed by atoms with van der Waals surface area (Å²) in [4.78, 5) is 0. The fourth-order valence-electron chi connectivity index (χ4n) is 1.97. The molecule has 1 aromatic carbocycles. The van der Waals surface area contributed by atoms with Gasteiger partial charge in [-0.3, -0.25) is 0 Å². The molecule has 0 heterocycles. The second-order valence-corrected chi connectivity index (χ2v) is 6.83. The van der Waals surface area contributed by atoms with E-state index in [1.54, 1.807) is 10.4 Å². The highest BCUT2D eigenvalue weighted by Gasteiger charge is 2.37. The number of para-hydroxylation sites is 1. The number of hydrogen-bond acceptors (Lipinski definition) is 4.